The van der Waals surface area contributed by atoms with Crippen LogP contribution < -0.4 is 0 Å². The van der Waals surface area contributed by atoms with Gasteiger partial charge in [-0.05, 0) is 17.7 Å². The Bertz CT molecular complexity index is 577. The van der Waals surface area contributed by atoms with Crippen molar-refractivity contribution >= 4 is 5.97 Å². The Morgan fingerprint density at radius 3 is 2.74 bits per heavy atom. The number of rotatable bonds is 4. The van der Waals surface area contributed by atoms with Crippen molar-refractivity contribution in [1.82, 2.24) is 24.9 Å². The lowest BCUT2D eigenvalue weighted by atomic mass is 10.1. The summed E-state index contributed by atoms with van der Waals surface area (Å²) in [5.74, 6) is -1.04. The first-order valence-corrected chi connectivity index (χ1v) is 5.99. The van der Waals surface area contributed by atoms with Crippen molar-refractivity contribution in [2.75, 3.05) is 13.1 Å². The third-order valence-electron chi connectivity index (χ3n) is 3.20. The molecule has 0 atom stereocenters. The molecule has 7 heteroatoms. The Morgan fingerprint density at radius 2 is 2.11 bits per heavy atom. The molecule has 1 aliphatic heterocycles. The molecule has 1 saturated heterocycles. The Kier molecular flexibility index (Phi) is 2.96. The predicted molar refractivity (Wildman–Crippen MR) is 65.5 cm³/mol. The molecule has 0 amide bonds. The summed E-state index contributed by atoms with van der Waals surface area (Å²) in [7, 11) is 0. The van der Waals surface area contributed by atoms with Gasteiger partial charge in [0.2, 0.25) is 0 Å². The quantitative estimate of drug-likeness (QED) is 0.857. The minimum Gasteiger partial charge on any atom is -0.476 e. The van der Waals surface area contributed by atoms with E-state index < -0.39 is 5.97 Å². The molecule has 98 valence electrons. The van der Waals surface area contributed by atoms with Crippen molar-refractivity contribution in [1.29, 1.82) is 0 Å². The van der Waals surface area contributed by atoms with Crippen molar-refractivity contribution in [3.05, 3.63) is 42.0 Å². The van der Waals surface area contributed by atoms with Crippen LogP contribution in [0.3, 0.4) is 0 Å². The molecule has 0 unspecified atom stereocenters. The van der Waals surface area contributed by atoms with Gasteiger partial charge in [0, 0.05) is 32.0 Å². The zero-order valence-corrected chi connectivity index (χ0v) is 10.2. The van der Waals surface area contributed by atoms with Gasteiger partial charge in [0.1, 0.15) is 0 Å². The van der Waals surface area contributed by atoms with E-state index >= 15 is 0 Å². The lowest BCUT2D eigenvalue weighted by Crippen LogP contribution is -2.47. The van der Waals surface area contributed by atoms with E-state index in [-0.39, 0.29) is 11.7 Å². The van der Waals surface area contributed by atoms with E-state index in [0.29, 0.717) is 0 Å². The summed E-state index contributed by atoms with van der Waals surface area (Å²) in [6, 6.07) is 4.19. The second-order valence-electron chi connectivity index (χ2n) is 4.59. The van der Waals surface area contributed by atoms with Crippen LogP contribution in [0.4, 0.5) is 0 Å². The fourth-order valence-corrected chi connectivity index (χ4v) is 2.14. The lowest BCUT2D eigenvalue weighted by molar-refractivity contribution is 0.0690. The van der Waals surface area contributed by atoms with Gasteiger partial charge >= 0.3 is 5.97 Å². The van der Waals surface area contributed by atoms with Gasteiger partial charge in [-0.3, -0.25) is 9.88 Å². The highest BCUT2D eigenvalue weighted by Gasteiger charge is 2.29. The van der Waals surface area contributed by atoms with Crippen molar-refractivity contribution in [3.8, 4) is 0 Å². The van der Waals surface area contributed by atoms with Crippen LogP contribution in [-0.4, -0.2) is 49.0 Å². The molecule has 1 aliphatic rings. The van der Waals surface area contributed by atoms with E-state index in [1.165, 1.54) is 11.8 Å². The first-order chi connectivity index (χ1) is 9.22. The Morgan fingerprint density at radius 1 is 1.37 bits per heavy atom. The molecule has 0 aromatic carbocycles. The topological polar surface area (TPSA) is 84.1 Å². The minimum absolute atomic E-state index is 0.00687. The molecule has 3 heterocycles. The SMILES string of the molecule is O=C(O)c1cn(C2CN(Cc3ccncc3)C2)nn1. The molecule has 0 aliphatic carbocycles. The fraction of sp³-hybridized carbons (Fsp3) is 0.333. The summed E-state index contributed by atoms with van der Waals surface area (Å²) < 4.78 is 1.63. The lowest BCUT2D eigenvalue weighted by Gasteiger charge is -2.38. The van der Waals surface area contributed by atoms with Gasteiger partial charge in [-0.1, -0.05) is 5.21 Å². The average Bonchev–Trinajstić information content (AvgIpc) is 2.84. The van der Waals surface area contributed by atoms with E-state index in [9.17, 15) is 4.79 Å². The Hall–Kier alpha value is -2.28. The maximum absolute atomic E-state index is 10.7. The molecule has 0 saturated carbocycles. The number of hydrogen-bond donors (Lipinski definition) is 1. The van der Waals surface area contributed by atoms with Crippen LogP contribution in [0.15, 0.2) is 30.7 Å². The fourth-order valence-electron chi connectivity index (χ4n) is 2.14. The van der Waals surface area contributed by atoms with Crippen LogP contribution in [0, 0.1) is 0 Å². The van der Waals surface area contributed by atoms with Crippen LogP contribution in [0.5, 0.6) is 0 Å². The highest BCUT2D eigenvalue weighted by atomic mass is 16.4. The summed E-state index contributed by atoms with van der Waals surface area (Å²) in [5.41, 5.74) is 1.21. The van der Waals surface area contributed by atoms with Gasteiger partial charge in [-0.25, -0.2) is 9.48 Å². The molecule has 2 aromatic heterocycles. The number of aromatic carboxylic acids is 1. The van der Waals surface area contributed by atoms with Crippen LogP contribution in [0.2, 0.25) is 0 Å². The maximum atomic E-state index is 10.7. The van der Waals surface area contributed by atoms with E-state index in [1.807, 2.05) is 12.1 Å². The van der Waals surface area contributed by atoms with Gasteiger partial charge in [-0.15, -0.1) is 5.10 Å². The van der Waals surface area contributed by atoms with Crippen molar-refractivity contribution in [2.45, 2.75) is 12.6 Å². The molecule has 1 N–H and O–H groups in total. The third-order valence-corrected chi connectivity index (χ3v) is 3.20. The highest BCUT2D eigenvalue weighted by Crippen LogP contribution is 2.22. The highest BCUT2D eigenvalue weighted by molar-refractivity contribution is 5.84. The standard InChI is InChI=1S/C12H13N5O2/c18-12(19)11-8-17(15-14-11)10-6-16(7-10)5-9-1-3-13-4-2-9/h1-4,8,10H,5-7H2,(H,18,19). The van der Waals surface area contributed by atoms with Crippen molar-refractivity contribution in [2.24, 2.45) is 0 Å². The second kappa shape index (κ2) is 4.77. The van der Waals surface area contributed by atoms with Crippen molar-refractivity contribution in [3.63, 3.8) is 0 Å². The monoisotopic (exact) mass is 259 g/mol. The molecule has 19 heavy (non-hydrogen) atoms. The van der Waals surface area contributed by atoms with E-state index in [1.54, 1.807) is 17.1 Å². The number of aromatic nitrogens is 4. The van der Waals surface area contributed by atoms with Crippen LogP contribution in [0.1, 0.15) is 22.1 Å². The smallest absolute Gasteiger partial charge is 0.358 e. The molecule has 7 nitrogen and oxygen atoms in total. The Balaban J connectivity index is 1.56. The molecule has 0 spiro atoms. The summed E-state index contributed by atoms with van der Waals surface area (Å²) in [6.07, 6.45) is 5.04. The van der Waals surface area contributed by atoms with Gasteiger partial charge in [-0.2, -0.15) is 0 Å². The zero-order valence-electron chi connectivity index (χ0n) is 10.2. The van der Waals surface area contributed by atoms with E-state index in [4.69, 9.17) is 5.11 Å². The number of carboxylic acid groups (broad SMARTS) is 1. The van der Waals surface area contributed by atoms with Crippen molar-refractivity contribution < 1.29 is 9.90 Å². The number of carbonyl (C=O) groups is 1. The normalized spacial score (nSPS) is 16.2. The van der Waals surface area contributed by atoms with E-state index in [0.717, 1.165) is 19.6 Å². The summed E-state index contributed by atoms with van der Waals surface area (Å²) in [5, 5.41) is 16.2. The Labute approximate surface area is 109 Å². The van der Waals surface area contributed by atoms with E-state index in [2.05, 4.69) is 20.2 Å². The maximum Gasteiger partial charge on any atom is 0.358 e. The van der Waals surface area contributed by atoms with Gasteiger partial charge in [0.25, 0.3) is 0 Å². The molecule has 0 radical (unpaired) electrons. The largest absolute Gasteiger partial charge is 0.476 e. The number of likely N-dealkylation sites (tertiary alicyclic amines) is 1. The summed E-state index contributed by atoms with van der Waals surface area (Å²) in [6.45, 7) is 2.58. The zero-order chi connectivity index (χ0) is 13.2. The van der Waals surface area contributed by atoms with Crippen LogP contribution in [-0.2, 0) is 6.54 Å². The molecule has 0 bridgehead atoms. The molecule has 2 aromatic rings. The van der Waals surface area contributed by atoms with Gasteiger partial charge < -0.3 is 5.11 Å². The molecule has 3 rings (SSSR count). The summed E-state index contributed by atoms with van der Waals surface area (Å²) in [4.78, 5) is 17.0. The second-order valence-corrected chi connectivity index (χ2v) is 4.59. The minimum atomic E-state index is -1.04. The van der Waals surface area contributed by atoms with Crippen LogP contribution in [0.25, 0.3) is 0 Å². The van der Waals surface area contributed by atoms with Gasteiger partial charge in [0.15, 0.2) is 5.69 Å². The predicted octanol–water partition coefficient (Wildman–Crippen LogP) is 0.428. The summed E-state index contributed by atoms with van der Waals surface area (Å²) >= 11 is 0. The average molecular weight is 259 g/mol. The molecular weight excluding hydrogens is 246 g/mol. The van der Waals surface area contributed by atoms with Crippen LogP contribution >= 0.6 is 0 Å². The molecule has 1 fully saturated rings. The number of carboxylic acids is 1. The van der Waals surface area contributed by atoms with Gasteiger partial charge in [0.05, 0.1) is 12.2 Å². The first kappa shape index (κ1) is 11.8. The number of pyridine rings is 1. The number of nitrogens with zero attached hydrogens (tertiary/aromatic N) is 5. The number of hydrogen-bond acceptors (Lipinski definition) is 5. The third kappa shape index (κ3) is 2.45. The molecular formula is C12H13N5O2. The first-order valence-electron chi connectivity index (χ1n) is 5.99.